The SMILES string of the molecule is O=C1OC(=O)[C@H]2[C@H]1[C@@H]1C(=O)C[C@H]2c2ccccc21. The van der Waals surface area contributed by atoms with Crippen molar-refractivity contribution in [2.75, 3.05) is 0 Å². The van der Waals surface area contributed by atoms with Crippen molar-refractivity contribution in [3.63, 3.8) is 0 Å². The van der Waals surface area contributed by atoms with E-state index < -0.39 is 29.7 Å². The van der Waals surface area contributed by atoms with Gasteiger partial charge in [0.25, 0.3) is 0 Å². The number of fused-ring (bicyclic) bond motifs is 1. The normalized spacial score (nSPS) is 36.3. The van der Waals surface area contributed by atoms with Gasteiger partial charge in [-0.2, -0.15) is 0 Å². The number of esters is 2. The topological polar surface area (TPSA) is 60.4 Å². The van der Waals surface area contributed by atoms with Crippen LogP contribution in [0.25, 0.3) is 0 Å². The molecule has 1 aliphatic heterocycles. The standard InChI is InChI=1S/C14H10O4/c15-9-5-8-6-3-1-2-4-7(6)10(9)12-11(8)13(16)18-14(12)17/h1-4,8,10-12H,5H2/t8-,10-,11+,12+/m0/s1. The first-order valence-electron chi connectivity index (χ1n) is 6.05. The fourth-order valence-corrected chi connectivity index (χ4v) is 3.76. The van der Waals surface area contributed by atoms with Gasteiger partial charge in [0.1, 0.15) is 5.78 Å². The van der Waals surface area contributed by atoms with E-state index >= 15 is 0 Å². The Bertz CT molecular complexity index is 604. The molecule has 2 bridgehead atoms. The summed E-state index contributed by atoms with van der Waals surface area (Å²) in [5.74, 6) is -2.61. The van der Waals surface area contributed by atoms with Gasteiger partial charge in [0.2, 0.25) is 0 Å². The molecule has 5 rings (SSSR count). The summed E-state index contributed by atoms with van der Waals surface area (Å²) in [6.07, 6.45) is 0.352. The van der Waals surface area contributed by atoms with Gasteiger partial charge in [0.15, 0.2) is 0 Å². The predicted octanol–water partition coefficient (Wildman–Crippen LogP) is 1.16. The number of ketones is 1. The Morgan fingerprint density at radius 2 is 1.61 bits per heavy atom. The van der Waals surface area contributed by atoms with E-state index in [0.717, 1.165) is 11.1 Å². The lowest BCUT2D eigenvalue weighted by molar-refractivity contribution is -0.154. The first kappa shape index (κ1) is 10.00. The number of hydrogen-bond donors (Lipinski definition) is 0. The van der Waals surface area contributed by atoms with Crippen molar-refractivity contribution in [3.05, 3.63) is 35.4 Å². The number of carbonyl (C=O) groups is 3. The maximum atomic E-state index is 12.1. The third-order valence-corrected chi connectivity index (χ3v) is 4.42. The van der Waals surface area contributed by atoms with E-state index in [2.05, 4.69) is 0 Å². The van der Waals surface area contributed by atoms with Crippen LogP contribution in [-0.4, -0.2) is 17.7 Å². The molecule has 3 aliphatic carbocycles. The largest absolute Gasteiger partial charge is 0.393 e. The molecule has 4 aliphatic rings. The number of Topliss-reactive ketones (excluding diaryl/α,β-unsaturated/α-hetero) is 1. The molecule has 4 heteroatoms. The molecular weight excluding hydrogens is 232 g/mol. The van der Waals surface area contributed by atoms with Gasteiger partial charge >= 0.3 is 11.9 Å². The molecule has 1 aromatic carbocycles. The molecule has 1 saturated carbocycles. The van der Waals surface area contributed by atoms with E-state index in [1.54, 1.807) is 0 Å². The number of cyclic esters (lactones) is 2. The molecule has 90 valence electrons. The Morgan fingerprint density at radius 1 is 0.944 bits per heavy atom. The average molecular weight is 242 g/mol. The molecule has 0 radical (unpaired) electrons. The van der Waals surface area contributed by atoms with Gasteiger partial charge in [-0.25, -0.2) is 0 Å². The van der Waals surface area contributed by atoms with Crippen LogP contribution in [-0.2, 0) is 19.1 Å². The molecule has 0 aromatic heterocycles. The highest BCUT2D eigenvalue weighted by atomic mass is 16.6. The maximum absolute atomic E-state index is 12.1. The highest BCUT2D eigenvalue weighted by Gasteiger charge is 2.61. The predicted molar refractivity (Wildman–Crippen MR) is 59.6 cm³/mol. The van der Waals surface area contributed by atoms with Gasteiger partial charge in [-0.05, 0) is 11.1 Å². The van der Waals surface area contributed by atoms with Crippen molar-refractivity contribution in [1.82, 2.24) is 0 Å². The van der Waals surface area contributed by atoms with Gasteiger partial charge in [-0.1, -0.05) is 24.3 Å². The monoisotopic (exact) mass is 242 g/mol. The molecule has 0 spiro atoms. The van der Waals surface area contributed by atoms with Crippen molar-refractivity contribution in [2.24, 2.45) is 11.8 Å². The molecular formula is C14H10O4. The minimum absolute atomic E-state index is 0.0617. The van der Waals surface area contributed by atoms with Crippen LogP contribution >= 0.6 is 0 Å². The van der Waals surface area contributed by atoms with Gasteiger partial charge in [0.05, 0.1) is 17.8 Å². The summed E-state index contributed by atoms with van der Waals surface area (Å²) in [5.41, 5.74) is 1.95. The van der Waals surface area contributed by atoms with E-state index in [0.29, 0.717) is 6.42 Å². The van der Waals surface area contributed by atoms with Gasteiger partial charge in [-0.15, -0.1) is 0 Å². The summed E-state index contributed by atoms with van der Waals surface area (Å²) in [7, 11) is 0. The highest BCUT2D eigenvalue weighted by Crippen LogP contribution is 2.56. The summed E-state index contributed by atoms with van der Waals surface area (Å²) in [6, 6.07) is 7.60. The van der Waals surface area contributed by atoms with E-state index in [1.807, 2.05) is 24.3 Å². The Balaban J connectivity index is 1.98. The summed E-state index contributed by atoms with van der Waals surface area (Å²) in [4.78, 5) is 35.6. The fraction of sp³-hybridized carbons (Fsp3) is 0.357. The van der Waals surface area contributed by atoms with E-state index in [-0.39, 0.29) is 11.7 Å². The molecule has 1 heterocycles. The van der Waals surface area contributed by atoms with Crippen molar-refractivity contribution >= 4 is 17.7 Å². The smallest absolute Gasteiger partial charge is 0.318 e. The van der Waals surface area contributed by atoms with Crippen LogP contribution in [0.15, 0.2) is 24.3 Å². The van der Waals surface area contributed by atoms with Gasteiger partial charge in [0, 0.05) is 12.3 Å². The first-order chi connectivity index (χ1) is 8.68. The Labute approximate surface area is 103 Å². The van der Waals surface area contributed by atoms with Crippen LogP contribution in [0, 0.1) is 11.8 Å². The zero-order valence-corrected chi connectivity index (χ0v) is 9.46. The van der Waals surface area contributed by atoms with Crippen molar-refractivity contribution in [1.29, 1.82) is 0 Å². The minimum Gasteiger partial charge on any atom is -0.393 e. The Kier molecular flexibility index (Phi) is 1.71. The first-order valence-corrected chi connectivity index (χ1v) is 6.05. The highest BCUT2D eigenvalue weighted by molar-refractivity contribution is 6.05. The number of hydrogen-bond acceptors (Lipinski definition) is 4. The number of rotatable bonds is 0. The van der Waals surface area contributed by atoms with Crippen LogP contribution in [0.1, 0.15) is 29.4 Å². The second-order valence-corrected chi connectivity index (χ2v) is 5.18. The van der Waals surface area contributed by atoms with E-state index in [9.17, 15) is 14.4 Å². The molecule has 1 saturated heterocycles. The van der Waals surface area contributed by atoms with Crippen LogP contribution in [0.3, 0.4) is 0 Å². The summed E-state index contributed by atoms with van der Waals surface area (Å²) < 4.78 is 4.74. The average Bonchev–Trinajstić information content (AvgIpc) is 2.66. The molecule has 2 fully saturated rings. The molecule has 4 atom stereocenters. The zero-order chi connectivity index (χ0) is 12.4. The van der Waals surface area contributed by atoms with Crippen LogP contribution in [0.2, 0.25) is 0 Å². The molecule has 4 nitrogen and oxygen atoms in total. The third-order valence-electron chi connectivity index (χ3n) is 4.42. The lowest BCUT2D eigenvalue weighted by atomic mass is 9.56. The quantitative estimate of drug-likeness (QED) is 0.506. The Hall–Kier alpha value is -1.97. The molecule has 0 amide bonds. The van der Waals surface area contributed by atoms with E-state index in [4.69, 9.17) is 4.74 Å². The summed E-state index contributed by atoms with van der Waals surface area (Å²) in [5, 5.41) is 0. The van der Waals surface area contributed by atoms with Gasteiger partial charge in [-0.3, -0.25) is 14.4 Å². The van der Waals surface area contributed by atoms with Crippen molar-refractivity contribution < 1.29 is 19.1 Å². The summed E-state index contributed by atoms with van der Waals surface area (Å²) in [6.45, 7) is 0. The van der Waals surface area contributed by atoms with Gasteiger partial charge < -0.3 is 4.74 Å². The lowest BCUT2D eigenvalue weighted by Gasteiger charge is -2.42. The molecule has 18 heavy (non-hydrogen) atoms. The third kappa shape index (κ3) is 0.991. The van der Waals surface area contributed by atoms with Crippen molar-refractivity contribution in [2.45, 2.75) is 18.3 Å². The molecule has 1 aromatic rings. The fourth-order valence-electron chi connectivity index (χ4n) is 3.76. The zero-order valence-electron chi connectivity index (χ0n) is 9.46. The molecule has 0 N–H and O–H groups in total. The minimum atomic E-state index is -0.585. The van der Waals surface area contributed by atoms with Crippen LogP contribution < -0.4 is 0 Å². The number of carbonyl (C=O) groups excluding carboxylic acids is 3. The second-order valence-electron chi connectivity index (χ2n) is 5.18. The summed E-state index contributed by atoms with van der Waals surface area (Å²) >= 11 is 0. The number of ether oxygens (including phenoxy) is 1. The Morgan fingerprint density at radius 3 is 2.39 bits per heavy atom. The number of benzene rings is 1. The molecule has 0 unspecified atom stereocenters. The maximum Gasteiger partial charge on any atom is 0.318 e. The van der Waals surface area contributed by atoms with Crippen LogP contribution in [0.4, 0.5) is 0 Å². The van der Waals surface area contributed by atoms with Crippen molar-refractivity contribution in [3.8, 4) is 0 Å². The second kappa shape index (κ2) is 3.07. The van der Waals surface area contributed by atoms with Crippen LogP contribution in [0.5, 0.6) is 0 Å². The van der Waals surface area contributed by atoms with E-state index in [1.165, 1.54) is 0 Å². The lowest BCUT2D eigenvalue weighted by Crippen LogP contribution is -2.44.